The summed E-state index contributed by atoms with van der Waals surface area (Å²) in [4.78, 5) is 10.8. The van der Waals surface area contributed by atoms with Crippen LogP contribution in [-0.2, 0) is 4.74 Å². The lowest BCUT2D eigenvalue weighted by molar-refractivity contribution is 0.0652. The minimum absolute atomic E-state index is 0.190. The molecule has 2 aromatic rings. The summed E-state index contributed by atoms with van der Waals surface area (Å²) in [6.45, 7) is 1.44. The number of benzene rings is 1. The maximum atomic E-state index is 10.8. The van der Waals surface area contributed by atoms with Crippen LogP contribution in [0.5, 0.6) is 0 Å². The van der Waals surface area contributed by atoms with E-state index in [1.165, 1.54) is 6.07 Å². The fourth-order valence-corrected chi connectivity index (χ4v) is 2.64. The molecule has 0 bridgehead atoms. The average molecular weight is 294 g/mol. The maximum absolute atomic E-state index is 10.8. The van der Waals surface area contributed by atoms with Crippen LogP contribution in [0.3, 0.4) is 0 Å². The molecule has 1 fully saturated rings. The molecule has 1 saturated heterocycles. The molecule has 1 N–H and O–H groups in total. The molecule has 2 heterocycles. The molecule has 0 amide bonds. The van der Waals surface area contributed by atoms with Crippen molar-refractivity contribution in [3.05, 3.63) is 40.6 Å². The highest BCUT2D eigenvalue weighted by Crippen LogP contribution is 2.33. The SMILES string of the molecule is O=C(O)c1cc(-c2ccc(C3CCOC3)c(Cl)c2)no1. The molecular formula is C14H12ClNO4. The smallest absolute Gasteiger partial charge is 0.374 e. The number of ether oxygens (including phenoxy) is 1. The number of aromatic nitrogens is 1. The van der Waals surface area contributed by atoms with Crippen molar-refractivity contribution in [3.63, 3.8) is 0 Å². The minimum atomic E-state index is -1.14. The summed E-state index contributed by atoms with van der Waals surface area (Å²) in [7, 11) is 0. The van der Waals surface area contributed by atoms with Gasteiger partial charge in [-0.1, -0.05) is 28.9 Å². The molecule has 0 saturated carbocycles. The molecule has 5 nitrogen and oxygen atoms in total. The number of hydrogen-bond donors (Lipinski definition) is 1. The number of hydrogen-bond acceptors (Lipinski definition) is 4. The van der Waals surface area contributed by atoms with Crippen molar-refractivity contribution in [2.75, 3.05) is 13.2 Å². The average Bonchev–Trinajstić information content (AvgIpc) is 3.10. The third-order valence-electron chi connectivity index (χ3n) is 3.39. The third kappa shape index (κ3) is 2.42. The maximum Gasteiger partial charge on any atom is 0.374 e. The van der Waals surface area contributed by atoms with Crippen molar-refractivity contribution in [2.24, 2.45) is 0 Å². The first kappa shape index (κ1) is 13.1. The van der Waals surface area contributed by atoms with Gasteiger partial charge in [-0.2, -0.15) is 0 Å². The van der Waals surface area contributed by atoms with Gasteiger partial charge in [-0.3, -0.25) is 0 Å². The van der Waals surface area contributed by atoms with Crippen molar-refractivity contribution in [1.29, 1.82) is 0 Å². The van der Waals surface area contributed by atoms with Crippen LogP contribution in [0.25, 0.3) is 11.3 Å². The Morgan fingerprint density at radius 1 is 1.40 bits per heavy atom. The van der Waals surface area contributed by atoms with Gasteiger partial charge in [0.1, 0.15) is 5.69 Å². The van der Waals surface area contributed by atoms with E-state index in [0.717, 1.165) is 24.2 Å². The molecule has 1 atom stereocenters. The van der Waals surface area contributed by atoms with Gasteiger partial charge in [0.2, 0.25) is 5.76 Å². The lowest BCUT2D eigenvalue weighted by atomic mass is 9.97. The van der Waals surface area contributed by atoms with Gasteiger partial charge in [-0.25, -0.2) is 4.79 Å². The molecule has 1 aromatic carbocycles. The van der Waals surface area contributed by atoms with Crippen molar-refractivity contribution in [3.8, 4) is 11.3 Å². The number of carboxylic acids is 1. The predicted octanol–water partition coefficient (Wildman–Crippen LogP) is 3.20. The van der Waals surface area contributed by atoms with E-state index in [2.05, 4.69) is 5.16 Å². The van der Waals surface area contributed by atoms with Gasteiger partial charge in [-0.05, 0) is 18.1 Å². The molecule has 1 aromatic heterocycles. The van der Waals surface area contributed by atoms with Crippen LogP contribution in [0.15, 0.2) is 28.8 Å². The molecule has 20 heavy (non-hydrogen) atoms. The van der Waals surface area contributed by atoms with Gasteiger partial charge in [0.15, 0.2) is 0 Å². The number of carboxylic acid groups (broad SMARTS) is 1. The van der Waals surface area contributed by atoms with E-state index in [1.54, 1.807) is 6.07 Å². The summed E-state index contributed by atoms with van der Waals surface area (Å²) >= 11 is 6.30. The fourth-order valence-electron chi connectivity index (χ4n) is 2.31. The van der Waals surface area contributed by atoms with Gasteiger partial charge >= 0.3 is 5.97 Å². The molecule has 1 aliphatic rings. The molecule has 0 radical (unpaired) electrons. The lowest BCUT2D eigenvalue weighted by Gasteiger charge is -2.11. The molecule has 1 unspecified atom stereocenters. The first-order valence-electron chi connectivity index (χ1n) is 6.22. The van der Waals surface area contributed by atoms with E-state index < -0.39 is 5.97 Å². The largest absolute Gasteiger partial charge is 0.475 e. The van der Waals surface area contributed by atoms with E-state index >= 15 is 0 Å². The Balaban J connectivity index is 1.90. The van der Waals surface area contributed by atoms with Crippen LogP contribution < -0.4 is 0 Å². The highest BCUT2D eigenvalue weighted by molar-refractivity contribution is 6.31. The van der Waals surface area contributed by atoms with E-state index in [-0.39, 0.29) is 5.76 Å². The molecule has 0 aliphatic carbocycles. The molecule has 3 rings (SSSR count). The topological polar surface area (TPSA) is 72.6 Å². The van der Waals surface area contributed by atoms with Gasteiger partial charge in [0.25, 0.3) is 0 Å². The lowest BCUT2D eigenvalue weighted by Crippen LogP contribution is -1.98. The first-order valence-corrected chi connectivity index (χ1v) is 6.60. The Kier molecular flexibility index (Phi) is 3.46. The number of aromatic carboxylic acids is 1. The minimum Gasteiger partial charge on any atom is -0.475 e. The standard InChI is InChI=1S/C14H12ClNO4/c15-11-5-8(12-6-13(14(17)18)20-16-12)1-2-10(11)9-3-4-19-7-9/h1-2,5-6,9H,3-4,7H2,(H,17,18). The summed E-state index contributed by atoms with van der Waals surface area (Å²) in [6.07, 6.45) is 0.964. The monoisotopic (exact) mass is 293 g/mol. The van der Waals surface area contributed by atoms with Crippen LogP contribution in [0.4, 0.5) is 0 Å². The van der Waals surface area contributed by atoms with Crippen LogP contribution >= 0.6 is 11.6 Å². The van der Waals surface area contributed by atoms with Crippen molar-refractivity contribution >= 4 is 17.6 Å². The zero-order valence-electron chi connectivity index (χ0n) is 10.5. The second kappa shape index (κ2) is 5.26. The zero-order chi connectivity index (χ0) is 14.1. The number of rotatable bonds is 3. The van der Waals surface area contributed by atoms with E-state index in [4.69, 9.17) is 26.0 Å². The fraction of sp³-hybridized carbons (Fsp3) is 0.286. The van der Waals surface area contributed by atoms with Gasteiger partial charge in [-0.15, -0.1) is 0 Å². The zero-order valence-corrected chi connectivity index (χ0v) is 11.3. The van der Waals surface area contributed by atoms with Crippen LogP contribution in [0, 0.1) is 0 Å². The molecule has 1 aliphatic heterocycles. The van der Waals surface area contributed by atoms with Crippen LogP contribution in [-0.4, -0.2) is 29.4 Å². The number of halogens is 1. The molecule has 104 valence electrons. The second-order valence-electron chi connectivity index (χ2n) is 4.68. The Labute approximate surface area is 120 Å². The predicted molar refractivity (Wildman–Crippen MR) is 72.1 cm³/mol. The van der Waals surface area contributed by atoms with Crippen molar-refractivity contribution < 1.29 is 19.2 Å². The molecule has 0 spiro atoms. The summed E-state index contributed by atoms with van der Waals surface area (Å²) in [5, 5.41) is 13.2. The highest BCUT2D eigenvalue weighted by Gasteiger charge is 2.21. The number of nitrogens with zero attached hydrogens (tertiary/aromatic N) is 1. The molecule has 6 heteroatoms. The Bertz CT molecular complexity index is 646. The normalized spacial score (nSPS) is 18.4. The Morgan fingerprint density at radius 2 is 2.25 bits per heavy atom. The molecular weight excluding hydrogens is 282 g/mol. The summed E-state index contributed by atoms with van der Waals surface area (Å²) in [5.41, 5.74) is 2.24. The van der Waals surface area contributed by atoms with Gasteiger partial charge < -0.3 is 14.4 Å². The van der Waals surface area contributed by atoms with E-state index in [9.17, 15) is 4.79 Å². The summed E-state index contributed by atoms with van der Waals surface area (Å²) < 4.78 is 10.1. The van der Waals surface area contributed by atoms with Crippen LogP contribution in [0.2, 0.25) is 5.02 Å². The van der Waals surface area contributed by atoms with E-state index in [1.807, 2.05) is 12.1 Å². The van der Waals surface area contributed by atoms with E-state index in [0.29, 0.717) is 23.2 Å². The van der Waals surface area contributed by atoms with Gasteiger partial charge in [0.05, 0.1) is 6.61 Å². The Morgan fingerprint density at radius 3 is 2.85 bits per heavy atom. The number of carbonyl (C=O) groups is 1. The highest BCUT2D eigenvalue weighted by atomic mass is 35.5. The Hall–Kier alpha value is -1.85. The first-order chi connectivity index (χ1) is 9.65. The van der Waals surface area contributed by atoms with Crippen molar-refractivity contribution in [2.45, 2.75) is 12.3 Å². The second-order valence-corrected chi connectivity index (χ2v) is 5.09. The van der Waals surface area contributed by atoms with Gasteiger partial charge in [0, 0.05) is 29.2 Å². The summed E-state index contributed by atoms with van der Waals surface area (Å²) in [6, 6.07) is 6.96. The quantitative estimate of drug-likeness (QED) is 0.941. The third-order valence-corrected chi connectivity index (χ3v) is 3.71. The summed E-state index contributed by atoms with van der Waals surface area (Å²) in [5.74, 6) is -1.01. The van der Waals surface area contributed by atoms with Crippen molar-refractivity contribution in [1.82, 2.24) is 5.16 Å². The van der Waals surface area contributed by atoms with Crippen LogP contribution in [0.1, 0.15) is 28.5 Å².